The third kappa shape index (κ3) is 6.91. The van der Waals surface area contributed by atoms with Gasteiger partial charge in [-0.1, -0.05) is 11.6 Å². The van der Waals surface area contributed by atoms with Gasteiger partial charge in [-0.2, -0.15) is 4.99 Å². The monoisotopic (exact) mass is 606 g/mol. The molecule has 12 nitrogen and oxygen atoms in total. The van der Waals surface area contributed by atoms with Gasteiger partial charge in [0.1, 0.15) is 35.0 Å². The van der Waals surface area contributed by atoms with Crippen LogP contribution in [-0.4, -0.2) is 39.2 Å². The summed E-state index contributed by atoms with van der Waals surface area (Å²) < 4.78 is 18.8. The van der Waals surface area contributed by atoms with Gasteiger partial charge in [0.25, 0.3) is 0 Å². The summed E-state index contributed by atoms with van der Waals surface area (Å²) in [5, 5.41) is 9.30. The number of anilines is 1. The van der Waals surface area contributed by atoms with Crippen LogP contribution in [0.15, 0.2) is 80.0 Å². The number of guanidine groups is 2. The maximum Gasteiger partial charge on any atom is 0.336 e. The fourth-order valence-electron chi connectivity index (χ4n) is 5.55. The quantitative estimate of drug-likeness (QED) is 0.197. The molecule has 0 atom stereocenters. The lowest BCUT2D eigenvalue weighted by atomic mass is 9.87. The lowest BCUT2D eigenvalue weighted by Gasteiger charge is -2.45. The Hall–Kier alpha value is -4.58. The number of fused-ring (bicyclic) bond motifs is 1. The number of hydrogen-bond acceptors (Lipinski definition) is 11. The second kappa shape index (κ2) is 13.2. The Morgan fingerprint density at radius 3 is 2.51 bits per heavy atom. The van der Waals surface area contributed by atoms with Crippen LogP contribution in [0.1, 0.15) is 50.6 Å². The van der Waals surface area contributed by atoms with Crippen LogP contribution < -0.4 is 31.5 Å². The summed E-state index contributed by atoms with van der Waals surface area (Å²) in [5.41, 5.74) is 13.6. The first kappa shape index (κ1) is 29.9. The molecule has 43 heavy (non-hydrogen) atoms. The average Bonchev–Trinajstić information content (AvgIpc) is 3.44. The highest BCUT2D eigenvalue weighted by Gasteiger charge is 2.42. The number of aromatic nitrogens is 3. The van der Waals surface area contributed by atoms with Crippen LogP contribution in [0.4, 0.5) is 5.69 Å². The van der Waals surface area contributed by atoms with E-state index in [0.717, 1.165) is 55.3 Å². The van der Waals surface area contributed by atoms with Crippen molar-refractivity contribution in [2.45, 2.75) is 63.8 Å². The van der Waals surface area contributed by atoms with E-state index < -0.39 is 5.66 Å². The van der Waals surface area contributed by atoms with Crippen LogP contribution >= 0.6 is 12.4 Å². The van der Waals surface area contributed by atoms with E-state index in [0.29, 0.717) is 42.8 Å². The first-order valence-electron chi connectivity index (χ1n) is 14.3. The van der Waals surface area contributed by atoms with Gasteiger partial charge in [-0.3, -0.25) is 9.58 Å². The van der Waals surface area contributed by atoms with Crippen LogP contribution in [0.5, 0.6) is 11.5 Å². The largest absolute Gasteiger partial charge is 0.493 e. The molecule has 3 heterocycles. The highest BCUT2D eigenvalue weighted by Crippen LogP contribution is 2.39. The molecule has 1 spiro atoms. The molecule has 0 saturated heterocycles. The number of benzene rings is 2. The maximum absolute atomic E-state index is 11.4. The van der Waals surface area contributed by atoms with Crippen LogP contribution in [0.2, 0.25) is 0 Å². The van der Waals surface area contributed by atoms with Crippen molar-refractivity contribution in [3.05, 3.63) is 76.9 Å². The number of ether oxygens (including phenoxy) is 2. The Morgan fingerprint density at radius 1 is 0.930 bits per heavy atom. The van der Waals surface area contributed by atoms with E-state index in [2.05, 4.69) is 15.3 Å². The van der Waals surface area contributed by atoms with Gasteiger partial charge in [-0.05, 0) is 81.0 Å². The molecule has 226 valence electrons. The minimum Gasteiger partial charge on any atom is -0.493 e. The van der Waals surface area contributed by atoms with Crippen LogP contribution in [-0.2, 0) is 13.2 Å². The molecule has 0 unspecified atom stereocenters. The molecule has 1 saturated carbocycles. The van der Waals surface area contributed by atoms with E-state index in [1.165, 1.54) is 12.5 Å². The van der Waals surface area contributed by atoms with Gasteiger partial charge in [0.15, 0.2) is 0 Å². The summed E-state index contributed by atoms with van der Waals surface area (Å²) in [6, 6.07) is 16.4. The van der Waals surface area contributed by atoms with Crippen LogP contribution in [0, 0.1) is 0 Å². The smallest absolute Gasteiger partial charge is 0.336 e. The summed E-state index contributed by atoms with van der Waals surface area (Å²) in [6.45, 7) is 1.56. The summed E-state index contributed by atoms with van der Waals surface area (Å²) in [7, 11) is 0. The molecule has 6 rings (SSSR count). The van der Waals surface area contributed by atoms with Gasteiger partial charge in [-0.15, -0.1) is 17.5 Å². The van der Waals surface area contributed by atoms with Crippen LogP contribution in [0.25, 0.3) is 11.0 Å². The van der Waals surface area contributed by atoms with E-state index in [1.54, 1.807) is 16.8 Å². The minimum atomic E-state index is -0.476. The molecule has 1 aliphatic carbocycles. The lowest BCUT2D eigenvalue weighted by Crippen LogP contribution is -2.58. The van der Waals surface area contributed by atoms with E-state index in [9.17, 15) is 4.79 Å². The number of hydrogen-bond donors (Lipinski definition) is 2. The topological polar surface area (TPSA) is 159 Å². The SMILES string of the molecule is Cl.NC1=NC2(CCCCC2)N(c2ccc(OCc3cn(CCCCOc4ccc5ccc(=O)oc5c4)nn3)cc2)C(N)=N1. The highest BCUT2D eigenvalue weighted by molar-refractivity contribution is 6.05. The Morgan fingerprint density at radius 2 is 1.70 bits per heavy atom. The molecule has 0 bridgehead atoms. The van der Waals surface area contributed by atoms with E-state index in [1.807, 2.05) is 47.5 Å². The number of nitrogens with two attached hydrogens (primary N) is 2. The van der Waals surface area contributed by atoms with E-state index in [4.69, 9.17) is 30.4 Å². The summed E-state index contributed by atoms with van der Waals surface area (Å²) in [5.74, 6) is 1.99. The van der Waals surface area contributed by atoms with Crippen molar-refractivity contribution in [2.24, 2.45) is 21.5 Å². The summed E-state index contributed by atoms with van der Waals surface area (Å²) in [4.78, 5) is 22.4. The molecule has 1 fully saturated rings. The van der Waals surface area contributed by atoms with Crippen molar-refractivity contribution >= 4 is 41.0 Å². The number of aryl methyl sites for hydroxylation is 1. The molecule has 0 amide bonds. The van der Waals surface area contributed by atoms with Crippen LogP contribution in [0.3, 0.4) is 0 Å². The van der Waals surface area contributed by atoms with Gasteiger partial charge in [0, 0.05) is 29.8 Å². The second-order valence-corrected chi connectivity index (χ2v) is 10.6. The zero-order chi connectivity index (χ0) is 28.9. The Labute approximate surface area is 254 Å². The van der Waals surface area contributed by atoms with Gasteiger partial charge < -0.3 is 25.4 Å². The van der Waals surface area contributed by atoms with Crippen molar-refractivity contribution in [1.29, 1.82) is 0 Å². The number of aliphatic imine (C=N–C) groups is 2. The third-order valence-electron chi connectivity index (χ3n) is 7.56. The first-order valence-corrected chi connectivity index (χ1v) is 14.3. The molecule has 4 aromatic rings. The molecule has 2 aromatic heterocycles. The van der Waals surface area contributed by atoms with E-state index in [-0.39, 0.29) is 24.0 Å². The first-order chi connectivity index (χ1) is 20.5. The van der Waals surface area contributed by atoms with Crippen molar-refractivity contribution in [1.82, 2.24) is 15.0 Å². The minimum absolute atomic E-state index is 0. The highest BCUT2D eigenvalue weighted by atomic mass is 35.5. The summed E-state index contributed by atoms with van der Waals surface area (Å²) >= 11 is 0. The number of halogens is 1. The van der Waals surface area contributed by atoms with Crippen molar-refractivity contribution < 1.29 is 13.9 Å². The Bertz CT molecular complexity index is 1660. The predicted octanol–water partition coefficient (Wildman–Crippen LogP) is 4.35. The zero-order valence-corrected chi connectivity index (χ0v) is 24.5. The molecule has 13 heteroatoms. The lowest BCUT2D eigenvalue weighted by molar-refractivity contribution is 0.299. The molecule has 4 N–H and O–H groups in total. The molecule has 2 aromatic carbocycles. The number of rotatable bonds is 10. The third-order valence-corrected chi connectivity index (χ3v) is 7.56. The van der Waals surface area contributed by atoms with Crippen molar-refractivity contribution in [3.8, 4) is 11.5 Å². The zero-order valence-electron chi connectivity index (χ0n) is 23.7. The fourth-order valence-corrected chi connectivity index (χ4v) is 5.55. The average molecular weight is 607 g/mol. The second-order valence-electron chi connectivity index (χ2n) is 10.6. The van der Waals surface area contributed by atoms with Crippen molar-refractivity contribution in [3.63, 3.8) is 0 Å². The van der Waals surface area contributed by atoms with E-state index >= 15 is 0 Å². The molecular weight excluding hydrogens is 572 g/mol. The van der Waals surface area contributed by atoms with Gasteiger partial charge in [0.05, 0.1) is 12.8 Å². The normalized spacial score (nSPS) is 16.0. The number of nitrogens with zero attached hydrogens (tertiary/aromatic N) is 6. The Kier molecular flexibility index (Phi) is 9.15. The molecule has 1 aliphatic heterocycles. The number of unbranched alkanes of at least 4 members (excludes halogenated alkanes) is 1. The summed E-state index contributed by atoms with van der Waals surface area (Å²) in [6.07, 6.45) is 8.69. The van der Waals surface area contributed by atoms with Gasteiger partial charge in [-0.25, -0.2) is 9.79 Å². The molecular formula is C30H35ClN8O4. The fraction of sp³-hybridized carbons (Fsp3) is 0.367. The molecule has 2 aliphatic rings. The van der Waals surface area contributed by atoms with Gasteiger partial charge >= 0.3 is 5.63 Å². The predicted molar refractivity (Wildman–Crippen MR) is 167 cm³/mol. The molecule has 0 radical (unpaired) electrons. The Balaban J connectivity index is 0.00000368. The maximum atomic E-state index is 11.4. The van der Waals surface area contributed by atoms with Crippen molar-refractivity contribution in [2.75, 3.05) is 11.5 Å². The standard InChI is InChI=1S/C30H34N8O4.ClH/c31-28-33-29(32)38(30(34-28)14-2-1-3-15-30)23-8-11-24(12-9-23)41-20-22-19-37(36-35-22)16-4-5-17-40-25-10-6-21-7-13-27(39)42-26(21)18-25;/h6-13,18-19H,1-5,14-17,20H2,(H4,31,32,33,34);1H. The van der Waals surface area contributed by atoms with Gasteiger partial charge in [0.2, 0.25) is 11.9 Å².